The molecule has 0 aliphatic heterocycles. The number of nitrogens with one attached hydrogen (secondary N) is 2. The van der Waals surface area contributed by atoms with Gasteiger partial charge in [0.05, 0.1) is 5.02 Å². The highest BCUT2D eigenvalue weighted by Crippen LogP contribution is 2.22. The Morgan fingerprint density at radius 3 is 2.46 bits per heavy atom. The molecule has 1 aromatic carbocycles. The van der Waals surface area contributed by atoms with Crippen LogP contribution in [0.5, 0.6) is 11.6 Å². The number of rotatable bonds is 7. The maximum Gasteiger partial charge on any atom is 0.224 e. The van der Waals surface area contributed by atoms with Crippen LogP contribution >= 0.6 is 36.4 Å². The molecule has 1 amide bonds. The van der Waals surface area contributed by atoms with Crippen LogP contribution in [-0.2, 0) is 4.79 Å². The van der Waals surface area contributed by atoms with Gasteiger partial charge in [0, 0.05) is 24.4 Å². The van der Waals surface area contributed by atoms with Crippen LogP contribution in [-0.4, -0.2) is 24.5 Å². The second-order valence-corrected chi connectivity index (χ2v) is 5.13. The first-order chi connectivity index (χ1) is 10.7. The van der Waals surface area contributed by atoms with E-state index in [1.807, 2.05) is 7.05 Å². The minimum atomic E-state index is 0. The lowest BCUT2D eigenvalue weighted by atomic mass is 10.2. The largest absolute Gasteiger partial charge is 0.439 e. The topological polar surface area (TPSA) is 63.2 Å². The number of carbonyl (C=O) groups is 1. The third-order valence-electron chi connectivity index (χ3n) is 2.89. The van der Waals surface area contributed by atoms with E-state index in [2.05, 4.69) is 15.6 Å². The molecule has 0 atom stereocenters. The zero-order valence-corrected chi connectivity index (χ0v) is 15.5. The highest BCUT2D eigenvalue weighted by atomic mass is 35.5. The van der Waals surface area contributed by atoms with Gasteiger partial charge in [-0.05, 0) is 50.3 Å². The Labute approximate surface area is 159 Å². The molecule has 1 heterocycles. The molecule has 2 aromatic rings. The smallest absolute Gasteiger partial charge is 0.224 e. The fourth-order valence-corrected chi connectivity index (χ4v) is 1.91. The Balaban J connectivity index is 0.00000264. The van der Waals surface area contributed by atoms with E-state index >= 15 is 0 Å². The number of aromatic nitrogens is 1. The van der Waals surface area contributed by atoms with Gasteiger partial charge in [-0.25, -0.2) is 4.98 Å². The lowest BCUT2D eigenvalue weighted by Crippen LogP contribution is -2.15. The molecule has 0 aliphatic carbocycles. The number of nitrogens with zero attached hydrogens (tertiary/aromatic N) is 1. The fourth-order valence-electron chi connectivity index (χ4n) is 1.80. The van der Waals surface area contributed by atoms with Crippen molar-refractivity contribution in [2.45, 2.75) is 12.8 Å². The molecule has 0 unspecified atom stereocenters. The number of carbonyl (C=O) groups excluding carboxylic acids is 1. The van der Waals surface area contributed by atoms with Gasteiger partial charge in [0.1, 0.15) is 5.75 Å². The maximum absolute atomic E-state index is 11.7. The number of anilines is 1. The van der Waals surface area contributed by atoms with Gasteiger partial charge >= 0.3 is 0 Å². The lowest BCUT2D eigenvalue weighted by Gasteiger charge is -2.07. The summed E-state index contributed by atoms with van der Waals surface area (Å²) < 4.78 is 5.58. The van der Waals surface area contributed by atoms with Gasteiger partial charge in [0.15, 0.2) is 0 Å². The van der Waals surface area contributed by atoms with Crippen molar-refractivity contribution >= 4 is 48.0 Å². The number of hydrogen-bond donors (Lipinski definition) is 2. The Hall–Kier alpha value is -1.53. The molecule has 0 spiro atoms. The van der Waals surface area contributed by atoms with Crippen molar-refractivity contribution in [2.24, 2.45) is 0 Å². The Morgan fingerprint density at radius 1 is 1.17 bits per heavy atom. The molecule has 132 valence electrons. The van der Waals surface area contributed by atoms with E-state index < -0.39 is 0 Å². The van der Waals surface area contributed by atoms with E-state index in [0.29, 0.717) is 23.1 Å². The van der Waals surface area contributed by atoms with E-state index in [9.17, 15) is 4.79 Å². The van der Waals surface area contributed by atoms with Crippen molar-refractivity contribution in [2.75, 3.05) is 18.9 Å². The summed E-state index contributed by atoms with van der Waals surface area (Å²) in [4.78, 5) is 15.8. The van der Waals surface area contributed by atoms with Gasteiger partial charge in [-0.2, -0.15) is 0 Å². The number of halogens is 3. The van der Waals surface area contributed by atoms with Crippen LogP contribution in [0.1, 0.15) is 12.8 Å². The molecular weight excluding hydrogens is 373 g/mol. The van der Waals surface area contributed by atoms with Crippen LogP contribution in [0.25, 0.3) is 0 Å². The lowest BCUT2D eigenvalue weighted by molar-refractivity contribution is -0.116. The van der Waals surface area contributed by atoms with Crippen LogP contribution < -0.4 is 15.4 Å². The average Bonchev–Trinajstić information content (AvgIpc) is 2.52. The molecule has 1 aromatic heterocycles. The summed E-state index contributed by atoms with van der Waals surface area (Å²) >= 11 is 5.77. The van der Waals surface area contributed by atoms with Crippen molar-refractivity contribution in [1.29, 1.82) is 0 Å². The zero-order chi connectivity index (χ0) is 15.8. The van der Waals surface area contributed by atoms with Crippen molar-refractivity contribution in [3.05, 3.63) is 47.6 Å². The monoisotopic (exact) mass is 391 g/mol. The number of pyridine rings is 1. The molecular formula is C16H20Cl3N3O2. The standard InChI is InChI=1S/C16H18ClN3O2.2ClH/c1-18-10-2-3-15(21)20-13-5-7-14(8-6-13)22-16-9-4-12(17)11-19-16;;/h4-9,11,18H,2-3,10H2,1H3,(H,20,21);2*1H. The van der Waals surface area contributed by atoms with Crippen molar-refractivity contribution in [3.63, 3.8) is 0 Å². The summed E-state index contributed by atoms with van der Waals surface area (Å²) in [6, 6.07) is 10.5. The third kappa shape index (κ3) is 7.84. The molecule has 0 saturated carbocycles. The molecule has 2 rings (SSSR count). The quantitative estimate of drug-likeness (QED) is 0.689. The molecule has 0 bridgehead atoms. The molecule has 5 nitrogen and oxygen atoms in total. The molecule has 0 fully saturated rings. The van der Waals surface area contributed by atoms with Gasteiger partial charge in [-0.15, -0.1) is 24.8 Å². The number of benzene rings is 1. The molecule has 24 heavy (non-hydrogen) atoms. The first-order valence-corrected chi connectivity index (χ1v) is 7.39. The van der Waals surface area contributed by atoms with Gasteiger partial charge in [0.25, 0.3) is 0 Å². The predicted molar refractivity (Wildman–Crippen MR) is 102 cm³/mol. The second-order valence-electron chi connectivity index (χ2n) is 4.70. The summed E-state index contributed by atoms with van der Waals surface area (Å²) in [6.07, 6.45) is 2.83. The molecule has 2 N–H and O–H groups in total. The second kappa shape index (κ2) is 11.9. The molecule has 0 saturated heterocycles. The van der Waals surface area contributed by atoms with Crippen molar-refractivity contribution < 1.29 is 9.53 Å². The van der Waals surface area contributed by atoms with Gasteiger partial charge in [-0.1, -0.05) is 11.6 Å². The van der Waals surface area contributed by atoms with E-state index in [1.165, 1.54) is 6.20 Å². The van der Waals surface area contributed by atoms with Crippen LogP contribution in [0.3, 0.4) is 0 Å². The number of ether oxygens (including phenoxy) is 1. The zero-order valence-electron chi connectivity index (χ0n) is 13.1. The van der Waals surface area contributed by atoms with Crippen molar-refractivity contribution in [3.8, 4) is 11.6 Å². The van der Waals surface area contributed by atoms with Crippen LogP contribution in [0.2, 0.25) is 5.02 Å². The summed E-state index contributed by atoms with van der Waals surface area (Å²) in [7, 11) is 1.87. The summed E-state index contributed by atoms with van der Waals surface area (Å²) in [5.41, 5.74) is 0.742. The minimum absolute atomic E-state index is 0. The predicted octanol–water partition coefficient (Wildman–Crippen LogP) is 4.31. The van der Waals surface area contributed by atoms with Crippen LogP contribution in [0.4, 0.5) is 5.69 Å². The Morgan fingerprint density at radius 2 is 1.88 bits per heavy atom. The van der Waals surface area contributed by atoms with E-state index in [0.717, 1.165) is 18.7 Å². The SMILES string of the molecule is CNCCCC(=O)Nc1ccc(Oc2ccc(Cl)cn2)cc1.Cl.Cl. The van der Waals surface area contributed by atoms with Crippen LogP contribution in [0, 0.1) is 0 Å². The highest BCUT2D eigenvalue weighted by Gasteiger charge is 2.03. The third-order valence-corrected chi connectivity index (χ3v) is 3.11. The summed E-state index contributed by atoms with van der Waals surface area (Å²) in [6.45, 7) is 0.828. The highest BCUT2D eigenvalue weighted by molar-refractivity contribution is 6.30. The fraction of sp³-hybridized carbons (Fsp3) is 0.250. The molecule has 8 heteroatoms. The molecule has 0 aliphatic rings. The van der Waals surface area contributed by atoms with Gasteiger partial charge in [0.2, 0.25) is 11.8 Å². The summed E-state index contributed by atoms with van der Waals surface area (Å²) in [5, 5.41) is 6.41. The number of amides is 1. The Bertz CT molecular complexity index is 607. The maximum atomic E-state index is 11.7. The minimum Gasteiger partial charge on any atom is -0.439 e. The summed E-state index contributed by atoms with van der Waals surface area (Å²) in [5.74, 6) is 1.11. The Kier molecular flexibility index (Phi) is 11.2. The van der Waals surface area contributed by atoms with E-state index in [1.54, 1.807) is 36.4 Å². The molecule has 0 radical (unpaired) electrons. The first kappa shape index (κ1) is 22.5. The van der Waals surface area contributed by atoms with E-state index in [4.69, 9.17) is 16.3 Å². The van der Waals surface area contributed by atoms with E-state index in [-0.39, 0.29) is 30.7 Å². The first-order valence-electron chi connectivity index (χ1n) is 7.01. The van der Waals surface area contributed by atoms with Gasteiger partial charge in [-0.3, -0.25) is 4.79 Å². The number of hydrogen-bond acceptors (Lipinski definition) is 4. The van der Waals surface area contributed by atoms with Crippen molar-refractivity contribution in [1.82, 2.24) is 10.3 Å². The average molecular weight is 393 g/mol. The normalized spacial score (nSPS) is 9.42. The van der Waals surface area contributed by atoms with Gasteiger partial charge < -0.3 is 15.4 Å². The van der Waals surface area contributed by atoms with Crippen LogP contribution in [0.15, 0.2) is 42.6 Å².